The molecular weight excluding hydrogens is 407 g/mol. The monoisotopic (exact) mass is 427 g/mol. The average Bonchev–Trinajstić information content (AvgIpc) is 3.34. The van der Waals surface area contributed by atoms with E-state index in [0.717, 1.165) is 27.1 Å². The molecular formula is C22H20F3N5O. The predicted molar refractivity (Wildman–Crippen MR) is 111 cm³/mol. The van der Waals surface area contributed by atoms with E-state index in [0.29, 0.717) is 12.2 Å². The molecule has 2 aromatic heterocycles. The van der Waals surface area contributed by atoms with Gasteiger partial charge in [0.15, 0.2) is 5.69 Å². The van der Waals surface area contributed by atoms with E-state index in [4.69, 9.17) is 0 Å². The van der Waals surface area contributed by atoms with Gasteiger partial charge in [-0.25, -0.2) is 0 Å². The molecule has 2 aromatic carbocycles. The predicted octanol–water partition coefficient (Wildman–Crippen LogP) is 4.81. The van der Waals surface area contributed by atoms with Gasteiger partial charge in [-0.05, 0) is 36.2 Å². The van der Waals surface area contributed by atoms with Gasteiger partial charge in [-0.1, -0.05) is 42.5 Å². The maximum atomic E-state index is 12.9. The smallest absolute Gasteiger partial charge is 0.322 e. The molecule has 0 saturated heterocycles. The Balaban J connectivity index is 1.47. The minimum absolute atomic E-state index is 0.252. The fraction of sp³-hybridized carbons (Fsp3) is 0.227. The van der Waals surface area contributed by atoms with E-state index in [9.17, 15) is 18.0 Å². The summed E-state index contributed by atoms with van der Waals surface area (Å²) in [5.41, 5.74) is 0.770. The summed E-state index contributed by atoms with van der Waals surface area (Å²) >= 11 is 0. The molecule has 0 aliphatic rings. The number of aryl methyl sites for hydroxylation is 1. The highest BCUT2D eigenvalue weighted by atomic mass is 19.4. The fourth-order valence-electron chi connectivity index (χ4n) is 3.50. The quantitative estimate of drug-likeness (QED) is 0.497. The standard InChI is InChI=1S/C22H20F3N5O/c1-14-10-20(22(23,24)25)28-30(14)15(2)21(31)27-18-11-26-29(13-18)12-17-8-5-7-16-6-3-4-9-19(16)17/h3-11,13,15H,12H2,1-2H3,(H,27,31). The second-order valence-electron chi connectivity index (χ2n) is 7.34. The summed E-state index contributed by atoms with van der Waals surface area (Å²) < 4.78 is 41.4. The van der Waals surface area contributed by atoms with Crippen molar-refractivity contribution in [3.05, 3.63) is 77.9 Å². The van der Waals surface area contributed by atoms with Crippen molar-refractivity contribution in [1.82, 2.24) is 19.6 Å². The largest absolute Gasteiger partial charge is 0.435 e. The Bertz CT molecular complexity index is 1240. The first-order valence-electron chi connectivity index (χ1n) is 9.65. The summed E-state index contributed by atoms with van der Waals surface area (Å²) in [4.78, 5) is 12.6. The zero-order chi connectivity index (χ0) is 22.2. The van der Waals surface area contributed by atoms with Crippen LogP contribution in [0, 0.1) is 6.92 Å². The Kier molecular flexibility index (Phi) is 5.26. The fourth-order valence-corrected chi connectivity index (χ4v) is 3.50. The first-order chi connectivity index (χ1) is 14.7. The average molecular weight is 427 g/mol. The first kappa shape index (κ1) is 20.6. The van der Waals surface area contributed by atoms with Gasteiger partial charge in [0, 0.05) is 11.9 Å². The van der Waals surface area contributed by atoms with E-state index in [-0.39, 0.29) is 5.69 Å². The van der Waals surface area contributed by atoms with E-state index >= 15 is 0 Å². The number of aromatic nitrogens is 4. The van der Waals surface area contributed by atoms with Crippen LogP contribution in [0.1, 0.15) is 29.9 Å². The molecule has 0 fully saturated rings. The van der Waals surface area contributed by atoms with Crippen molar-refractivity contribution in [3.8, 4) is 0 Å². The molecule has 1 atom stereocenters. The van der Waals surface area contributed by atoms with E-state index in [2.05, 4.69) is 15.5 Å². The summed E-state index contributed by atoms with van der Waals surface area (Å²) in [7, 11) is 0. The second-order valence-corrected chi connectivity index (χ2v) is 7.34. The van der Waals surface area contributed by atoms with Crippen LogP contribution in [0.5, 0.6) is 0 Å². The van der Waals surface area contributed by atoms with Gasteiger partial charge < -0.3 is 5.32 Å². The zero-order valence-electron chi connectivity index (χ0n) is 16.9. The number of carbonyl (C=O) groups is 1. The third-order valence-electron chi connectivity index (χ3n) is 5.07. The molecule has 1 N–H and O–H groups in total. The summed E-state index contributed by atoms with van der Waals surface area (Å²) in [6.07, 6.45) is -1.37. The lowest BCUT2D eigenvalue weighted by Gasteiger charge is -2.13. The van der Waals surface area contributed by atoms with Crippen LogP contribution in [0.4, 0.5) is 18.9 Å². The molecule has 31 heavy (non-hydrogen) atoms. The summed E-state index contributed by atoms with van der Waals surface area (Å²) in [6, 6.07) is 14.1. The highest BCUT2D eigenvalue weighted by Crippen LogP contribution is 2.29. The van der Waals surface area contributed by atoms with Gasteiger partial charge in [0.1, 0.15) is 6.04 Å². The van der Waals surface area contributed by atoms with Crippen LogP contribution in [0.2, 0.25) is 0 Å². The number of carbonyl (C=O) groups excluding carboxylic acids is 1. The molecule has 0 saturated carbocycles. The van der Waals surface area contributed by atoms with Crippen LogP contribution >= 0.6 is 0 Å². The first-order valence-corrected chi connectivity index (χ1v) is 9.65. The number of nitrogens with one attached hydrogen (secondary N) is 1. The van der Waals surface area contributed by atoms with E-state index in [1.54, 1.807) is 10.9 Å². The minimum atomic E-state index is -4.56. The van der Waals surface area contributed by atoms with E-state index in [1.165, 1.54) is 20.0 Å². The molecule has 6 nitrogen and oxygen atoms in total. The van der Waals surface area contributed by atoms with Crippen molar-refractivity contribution in [2.24, 2.45) is 0 Å². The highest BCUT2D eigenvalue weighted by Gasteiger charge is 2.35. The lowest BCUT2D eigenvalue weighted by atomic mass is 10.0. The number of alkyl halides is 3. The minimum Gasteiger partial charge on any atom is -0.322 e. The topological polar surface area (TPSA) is 64.7 Å². The van der Waals surface area contributed by atoms with Crippen LogP contribution in [0.15, 0.2) is 60.9 Å². The van der Waals surface area contributed by atoms with Crippen LogP contribution in [0.25, 0.3) is 10.8 Å². The number of amides is 1. The number of benzene rings is 2. The number of halogens is 3. The molecule has 0 radical (unpaired) electrons. The van der Waals surface area contributed by atoms with Gasteiger partial charge in [-0.3, -0.25) is 14.2 Å². The molecule has 9 heteroatoms. The van der Waals surface area contributed by atoms with Crippen LogP contribution < -0.4 is 5.32 Å². The second kappa shape index (κ2) is 7.90. The maximum Gasteiger partial charge on any atom is 0.435 e. The number of nitrogens with zero attached hydrogens (tertiary/aromatic N) is 4. The molecule has 2 heterocycles. The Morgan fingerprint density at radius 1 is 1.16 bits per heavy atom. The van der Waals surface area contributed by atoms with Gasteiger partial charge in [0.05, 0.1) is 18.4 Å². The Hall–Kier alpha value is -3.62. The number of hydrogen-bond acceptors (Lipinski definition) is 3. The number of fused-ring (bicyclic) bond motifs is 1. The number of rotatable bonds is 5. The van der Waals surface area contributed by atoms with E-state index in [1.807, 2.05) is 42.5 Å². The zero-order valence-corrected chi connectivity index (χ0v) is 16.9. The maximum absolute atomic E-state index is 12.9. The van der Waals surface area contributed by atoms with E-state index < -0.39 is 23.8 Å². The molecule has 0 bridgehead atoms. The summed E-state index contributed by atoms with van der Waals surface area (Å²) in [5.74, 6) is -0.482. The molecule has 160 valence electrons. The molecule has 0 aliphatic carbocycles. The van der Waals surface area contributed by atoms with Gasteiger partial charge >= 0.3 is 6.18 Å². The Morgan fingerprint density at radius 2 is 1.90 bits per heavy atom. The number of anilines is 1. The Morgan fingerprint density at radius 3 is 2.65 bits per heavy atom. The molecule has 1 unspecified atom stereocenters. The van der Waals surface area contributed by atoms with Crippen molar-refractivity contribution in [2.75, 3.05) is 5.32 Å². The van der Waals surface area contributed by atoms with Crippen LogP contribution in [0.3, 0.4) is 0 Å². The lowest BCUT2D eigenvalue weighted by molar-refractivity contribution is -0.141. The normalized spacial score (nSPS) is 12.8. The Labute approximate surface area is 176 Å². The van der Waals surface area contributed by atoms with Crippen molar-refractivity contribution >= 4 is 22.4 Å². The lowest BCUT2D eigenvalue weighted by Crippen LogP contribution is -2.25. The van der Waals surface area contributed by atoms with Gasteiger partial charge in [0.2, 0.25) is 5.91 Å². The molecule has 4 rings (SSSR count). The van der Waals surface area contributed by atoms with Crippen LogP contribution in [-0.4, -0.2) is 25.5 Å². The summed E-state index contributed by atoms with van der Waals surface area (Å²) in [6.45, 7) is 3.49. The SMILES string of the molecule is Cc1cc(C(F)(F)F)nn1C(C)C(=O)Nc1cnn(Cc2cccc3ccccc23)c1. The molecule has 1 amide bonds. The van der Waals surface area contributed by atoms with Gasteiger partial charge in [0.25, 0.3) is 0 Å². The third-order valence-corrected chi connectivity index (χ3v) is 5.07. The van der Waals surface area contributed by atoms with Crippen LogP contribution in [-0.2, 0) is 17.5 Å². The number of hydrogen-bond donors (Lipinski definition) is 1. The highest BCUT2D eigenvalue weighted by molar-refractivity contribution is 5.93. The molecule has 0 spiro atoms. The van der Waals surface area contributed by atoms with Crippen molar-refractivity contribution in [2.45, 2.75) is 32.6 Å². The van der Waals surface area contributed by atoms with Gasteiger partial charge in [-0.2, -0.15) is 23.4 Å². The third kappa shape index (κ3) is 4.30. The molecule has 0 aliphatic heterocycles. The summed E-state index contributed by atoms with van der Waals surface area (Å²) in [5, 5.41) is 12.8. The van der Waals surface area contributed by atoms with Crippen molar-refractivity contribution < 1.29 is 18.0 Å². The molecule has 4 aromatic rings. The van der Waals surface area contributed by atoms with Crippen molar-refractivity contribution in [3.63, 3.8) is 0 Å². The van der Waals surface area contributed by atoms with Crippen molar-refractivity contribution in [1.29, 1.82) is 0 Å². The van der Waals surface area contributed by atoms with Gasteiger partial charge in [-0.15, -0.1) is 0 Å².